The van der Waals surface area contributed by atoms with Gasteiger partial charge in [0.1, 0.15) is 0 Å². The van der Waals surface area contributed by atoms with Crippen LogP contribution in [0.4, 0.5) is 17.3 Å². The molecule has 0 heterocycles. The summed E-state index contributed by atoms with van der Waals surface area (Å²) in [5.74, 6) is 0. The second-order valence-electron chi connectivity index (χ2n) is 0.495. The van der Waals surface area contributed by atoms with Crippen molar-refractivity contribution in [2.75, 3.05) is 0 Å². The molecule has 0 aromatic heterocycles. The topological polar surface area (TPSA) is 0 Å². The van der Waals surface area contributed by atoms with Crippen molar-refractivity contribution in [3.05, 3.63) is 0 Å². The molecule has 0 spiro atoms. The van der Waals surface area contributed by atoms with Crippen LogP contribution in [0.5, 0.6) is 0 Å². The Kier molecular flexibility index (Phi) is 5.95. The van der Waals surface area contributed by atoms with Crippen molar-refractivity contribution in [3.63, 3.8) is 0 Å². The van der Waals surface area contributed by atoms with Gasteiger partial charge in [-0.1, -0.05) is 0 Å². The Morgan fingerprint density at radius 1 is 0.833 bits per heavy atom. The largest absolute Gasteiger partial charge is 1.00 e. The molecule has 0 radical (unpaired) electrons. The minimum Gasteiger partial charge on any atom is -0.418 e. The van der Waals surface area contributed by atoms with Crippen molar-refractivity contribution in [1.82, 2.24) is 0 Å². The van der Waals surface area contributed by atoms with E-state index in [4.69, 9.17) is 0 Å². The monoisotopic (exact) mass is 125 g/mol. The van der Waals surface area contributed by atoms with Crippen LogP contribution in [0, 0.1) is 0 Å². The van der Waals surface area contributed by atoms with Crippen LogP contribution in [0.1, 0.15) is 0 Å². The molecule has 0 aromatic rings. The quantitative estimate of drug-likeness (QED) is 0.267. The third kappa shape index (κ3) is 52.5. The van der Waals surface area contributed by atoms with Crippen LogP contribution in [0.3, 0.4) is 0 Å². The van der Waals surface area contributed by atoms with Crippen molar-refractivity contribution in [1.29, 1.82) is 0 Å². The summed E-state index contributed by atoms with van der Waals surface area (Å²) < 4.78 is 39.0. The second kappa shape index (κ2) is 3.43. The zero-order valence-electron chi connectivity index (χ0n) is 3.09. The van der Waals surface area contributed by atoms with Crippen LogP contribution < -0.4 is 51.4 Å². The Morgan fingerprint density at radius 2 is 0.833 bits per heavy atom. The molecular weight excluding hydrogens is 125 g/mol. The molecule has 6 heavy (non-hydrogen) atoms. The predicted molar refractivity (Wildman–Crippen MR) is 10.2 cm³/mol. The van der Waals surface area contributed by atoms with Gasteiger partial charge in [-0.25, -0.2) is 0 Å². The average molecular weight is 125 g/mol. The molecular formula is BF4K. The molecule has 0 amide bonds. The molecule has 0 bridgehead atoms. The van der Waals surface area contributed by atoms with E-state index in [-0.39, 0.29) is 51.4 Å². The van der Waals surface area contributed by atoms with Gasteiger partial charge < -0.3 is 17.3 Å². The van der Waals surface area contributed by atoms with Crippen LogP contribution in [0.2, 0.25) is 0 Å². The molecule has 32 valence electrons. The Hall–Kier alpha value is 1.42. The molecule has 0 aliphatic heterocycles. The predicted octanol–water partition coefficient (Wildman–Crippen LogP) is -1.70. The van der Waals surface area contributed by atoms with Gasteiger partial charge in [0.05, 0.1) is 0 Å². The molecule has 0 aliphatic rings. The van der Waals surface area contributed by atoms with Gasteiger partial charge >= 0.3 is 58.6 Å². The normalized spacial score (nSPS) is 10.0. The first-order valence-electron chi connectivity index (χ1n) is 0.873. The van der Waals surface area contributed by atoms with Gasteiger partial charge in [0.2, 0.25) is 0 Å². The average Bonchev–Trinajstić information content (AvgIpc) is 0.722. The summed E-state index contributed by atoms with van der Waals surface area (Å²) in [5.41, 5.74) is 0. The summed E-state index contributed by atoms with van der Waals surface area (Å²) in [5, 5.41) is 0. The fourth-order valence-electron chi connectivity index (χ4n) is 0. The minimum absolute atomic E-state index is 0. The Morgan fingerprint density at radius 3 is 0.833 bits per heavy atom. The van der Waals surface area contributed by atoms with Crippen LogP contribution in [0.25, 0.3) is 0 Å². The first kappa shape index (κ1) is 10.4. The van der Waals surface area contributed by atoms with E-state index in [1.807, 2.05) is 0 Å². The SMILES string of the molecule is F[10B-](F)(F)F.[K+]. The van der Waals surface area contributed by atoms with E-state index >= 15 is 0 Å². The van der Waals surface area contributed by atoms with Crippen LogP contribution >= 0.6 is 0 Å². The summed E-state index contributed by atoms with van der Waals surface area (Å²) in [7, 11) is -6.00. The first-order valence-corrected chi connectivity index (χ1v) is 0.873. The van der Waals surface area contributed by atoms with E-state index in [0.717, 1.165) is 0 Å². The Bertz CT molecular complexity index is 23.0. The molecule has 0 fully saturated rings. The standard InChI is InChI=1S/BF4.K/c2-1(3,4)5;/q-1;+1/i1-1;. The number of hydrogen-bond donors (Lipinski definition) is 0. The molecule has 6 heteroatoms. The third-order valence-electron chi connectivity index (χ3n) is 0. The number of rotatable bonds is 0. The van der Waals surface area contributed by atoms with E-state index in [0.29, 0.717) is 0 Å². The van der Waals surface area contributed by atoms with Gasteiger partial charge in [-0.2, -0.15) is 0 Å². The second-order valence-corrected chi connectivity index (χ2v) is 0.495. The molecule has 0 N–H and O–H groups in total. The fourth-order valence-corrected chi connectivity index (χ4v) is 0. The molecule has 0 unspecified atom stereocenters. The molecule has 0 saturated heterocycles. The zero-order chi connectivity index (χ0) is 4.50. The van der Waals surface area contributed by atoms with Gasteiger partial charge in [-0.3, -0.25) is 0 Å². The van der Waals surface area contributed by atoms with Gasteiger partial charge in [0.15, 0.2) is 0 Å². The molecule has 0 saturated carbocycles. The Labute approximate surface area is 74.8 Å². The summed E-state index contributed by atoms with van der Waals surface area (Å²) in [6.07, 6.45) is 0. The van der Waals surface area contributed by atoms with Crippen LogP contribution in [-0.4, -0.2) is 7.25 Å². The van der Waals surface area contributed by atoms with Gasteiger partial charge in [-0.05, 0) is 0 Å². The molecule has 0 aromatic carbocycles. The van der Waals surface area contributed by atoms with Crippen molar-refractivity contribution in [2.45, 2.75) is 0 Å². The van der Waals surface area contributed by atoms with Gasteiger partial charge in [0.25, 0.3) is 0 Å². The zero-order valence-corrected chi connectivity index (χ0v) is 6.21. The van der Waals surface area contributed by atoms with Gasteiger partial charge in [-0.15, -0.1) is 0 Å². The molecule has 0 rings (SSSR count). The molecule has 0 atom stereocenters. The molecule has 0 aliphatic carbocycles. The summed E-state index contributed by atoms with van der Waals surface area (Å²) in [6, 6.07) is 0. The maximum Gasteiger partial charge on any atom is 1.00 e. The van der Waals surface area contributed by atoms with Crippen molar-refractivity contribution < 1.29 is 68.6 Å². The fraction of sp³-hybridized carbons (Fsp3) is 0. The van der Waals surface area contributed by atoms with E-state index in [1.165, 1.54) is 0 Å². The summed E-state index contributed by atoms with van der Waals surface area (Å²) in [4.78, 5) is 0. The number of hydrogen-bond acceptors (Lipinski definition) is 0. The minimum atomic E-state index is -6.00. The van der Waals surface area contributed by atoms with Crippen LogP contribution in [-0.2, 0) is 0 Å². The molecule has 0 nitrogen and oxygen atoms in total. The van der Waals surface area contributed by atoms with Crippen LogP contribution in [0.15, 0.2) is 0 Å². The Balaban J connectivity index is 0. The van der Waals surface area contributed by atoms with E-state index in [9.17, 15) is 17.3 Å². The van der Waals surface area contributed by atoms with Crippen molar-refractivity contribution in [3.8, 4) is 0 Å². The van der Waals surface area contributed by atoms with E-state index in [1.54, 1.807) is 0 Å². The third-order valence-corrected chi connectivity index (χ3v) is 0. The van der Waals surface area contributed by atoms with E-state index < -0.39 is 7.25 Å². The smallest absolute Gasteiger partial charge is 0.418 e. The maximum atomic E-state index is 9.75. The summed E-state index contributed by atoms with van der Waals surface area (Å²) >= 11 is 0. The first-order chi connectivity index (χ1) is 2.00. The summed E-state index contributed by atoms with van der Waals surface area (Å²) in [6.45, 7) is 0. The van der Waals surface area contributed by atoms with Crippen molar-refractivity contribution in [2.24, 2.45) is 0 Å². The van der Waals surface area contributed by atoms with E-state index in [2.05, 4.69) is 0 Å². The van der Waals surface area contributed by atoms with Crippen molar-refractivity contribution >= 4 is 7.25 Å². The van der Waals surface area contributed by atoms with Gasteiger partial charge in [0, 0.05) is 0 Å². The number of halogens is 4. The maximum absolute atomic E-state index is 9.75.